The molecule has 3 rings (SSSR count). The minimum absolute atomic E-state index is 0.280. The topological polar surface area (TPSA) is 40.5 Å². The van der Waals surface area contributed by atoms with Crippen LogP contribution >= 0.6 is 0 Å². The summed E-state index contributed by atoms with van der Waals surface area (Å²) in [6.07, 6.45) is 0.507. The number of hydrogen-bond acceptors (Lipinski definition) is 2. The molecule has 21 heavy (non-hydrogen) atoms. The smallest absolute Gasteiger partial charge is 0.321 e. The van der Waals surface area contributed by atoms with Crippen LogP contribution in [0.5, 0.6) is 0 Å². The number of fused-ring (bicyclic) bond motifs is 1. The maximum Gasteiger partial charge on any atom is 0.321 e. The Morgan fingerprint density at radius 3 is 2.48 bits per heavy atom. The Kier molecular flexibility index (Phi) is 3.71. The Labute approximate surface area is 122 Å². The Bertz CT molecular complexity index is 654. The third-order valence-corrected chi connectivity index (χ3v) is 3.93. The van der Waals surface area contributed by atoms with Crippen molar-refractivity contribution in [2.75, 3.05) is 0 Å². The van der Waals surface area contributed by atoms with Crippen molar-refractivity contribution in [3.05, 3.63) is 71.0 Å². The van der Waals surface area contributed by atoms with Crippen LogP contribution in [0.25, 0.3) is 0 Å². The molecule has 1 aliphatic heterocycles. The molecule has 1 N–H and O–H groups in total. The van der Waals surface area contributed by atoms with Crippen molar-refractivity contribution >= 4 is 5.97 Å². The minimum Gasteiger partial charge on any atom is -0.480 e. The van der Waals surface area contributed by atoms with Crippen LogP contribution in [0.3, 0.4) is 0 Å². The fraction of sp³-hybridized carbons (Fsp3) is 0.235. The number of carboxylic acid groups (broad SMARTS) is 1. The number of hydrogen-bond donors (Lipinski definition) is 1. The van der Waals surface area contributed by atoms with Crippen LogP contribution in [-0.4, -0.2) is 22.0 Å². The summed E-state index contributed by atoms with van der Waals surface area (Å²) < 4.78 is 13.0. The average Bonchev–Trinajstić information content (AvgIpc) is 2.48. The first-order valence-electron chi connectivity index (χ1n) is 6.91. The number of rotatable bonds is 3. The van der Waals surface area contributed by atoms with Gasteiger partial charge >= 0.3 is 5.97 Å². The molecule has 1 aliphatic rings. The quantitative estimate of drug-likeness (QED) is 0.942. The second kappa shape index (κ2) is 5.66. The van der Waals surface area contributed by atoms with E-state index < -0.39 is 12.0 Å². The lowest BCUT2D eigenvalue weighted by Crippen LogP contribution is -2.44. The molecule has 0 radical (unpaired) electrons. The monoisotopic (exact) mass is 285 g/mol. The predicted molar refractivity (Wildman–Crippen MR) is 77.2 cm³/mol. The van der Waals surface area contributed by atoms with Crippen molar-refractivity contribution in [1.29, 1.82) is 0 Å². The maximum atomic E-state index is 13.0. The molecular weight excluding hydrogens is 269 g/mol. The summed E-state index contributed by atoms with van der Waals surface area (Å²) >= 11 is 0. The zero-order valence-corrected chi connectivity index (χ0v) is 11.5. The van der Waals surface area contributed by atoms with Gasteiger partial charge in [0.2, 0.25) is 0 Å². The highest BCUT2D eigenvalue weighted by Crippen LogP contribution is 2.25. The highest BCUT2D eigenvalue weighted by molar-refractivity contribution is 5.74. The molecule has 0 bridgehead atoms. The average molecular weight is 285 g/mol. The standard InChI is InChI=1S/C17H16FNO2/c18-15-7-5-12(6-8-15)10-19-11-14-4-2-1-3-13(14)9-16(19)17(20)21/h1-8,16H,9-11H2,(H,20,21). The molecule has 0 saturated heterocycles. The van der Waals surface area contributed by atoms with E-state index in [4.69, 9.17) is 0 Å². The lowest BCUT2D eigenvalue weighted by atomic mass is 9.93. The summed E-state index contributed by atoms with van der Waals surface area (Å²) in [5.41, 5.74) is 3.18. The molecule has 0 saturated carbocycles. The van der Waals surface area contributed by atoms with Crippen LogP contribution in [-0.2, 0) is 24.3 Å². The molecule has 1 heterocycles. The lowest BCUT2D eigenvalue weighted by molar-refractivity contribution is -0.144. The number of carboxylic acids is 1. The predicted octanol–water partition coefficient (Wildman–Crippen LogP) is 2.84. The highest BCUT2D eigenvalue weighted by atomic mass is 19.1. The summed E-state index contributed by atoms with van der Waals surface area (Å²) in [6.45, 7) is 1.11. The molecule has 1 atom stereocenters. The van der Waals surface area contributed by atoms with Gasteiger partial charge in [-0.15, -0.1) is 0 Å². The molecule has 2 aromatic carbocycles. The van der Waals surface area contributed by atoms with E-state index in [2.05, 4.69) is 0 Å². The van der Waals surface area contributed by atoms with E-state index in [1.54, 1.807) is 12.1 Å². The molecule has 108 valence electrons. The van der Waals surface area contributed by atoms with Gasteiger partial charge in [-0.3, -0.25) is 9.69 Å². The van der Waals surface area contributed by atoms with Gasteiger partial charge in [-0.05, 0) is 35.2 Å². The fourth-order valence-corrected chi connectivity index (χ4v) is 2.81. The van der Waals surface area contributed by atoms with E-state index in [-0.39, 0.29) is 5.82 Å². The van der Waals surface area contributed by atoms with Crippen molar-refractivity contribution in [1.82, 2.24) is 4.90 Å². The summed E-state index contributed by atoms with van der Waals surface area (Å²) in [5.74, 6) is -1.09. The van der Waals surface area contributed by atoms with Gasteiger partial charge in [0.25, 0.3) is 0 Å². The van der Waals surface area contributed by atoms with E-state index in [1.807, 2.05) is 29.2 Å². The first-order chi connectivity index (χ1) is 10.1. The fourth-order valence-electron chi connectivity index (χ4n) is 2.81. The molecule has 1 unspecified atom stereocenters. The van der Waals surface area contributed by atoms with Crippen molar-refractivity contribution in [3.63, 3.8) is 0 Å². The Morgan fingerprint density at radius 2 is 1.81 bits per heavy atom. The normalized spacial score (nSPS) is 18.2. The lowest BCUT2D eigenvalue weighted by Gasteiger charge is -2.34. The van der Waals surface area contributed by atoms with Gasteiger partial charge in [-0.25, -0.2) is 4.39 Å². The summed E-state index contributed by atoms with van der Waals surface area (Å²) in [7, 11) is 0. The van der Waals surface area contributed by atoms with E-state index in [0.29, 0.717) is 19.5 Å². The summed E-state index contributed by atoms with van der Waals surface area (Å²) in [4.78, 5) is 13.4. The number of benzene rings is 2. The van der Waals surface area contributed by atoms with Crippen molar-refractivity contribution in [2.45, 2.75) is 25.6 Å². The Morgan fingerprint density at radius 1 is 1.14 bits per heavy atom. The second-order valence-corrected chi connectivity index (χ2v) is 5.36. The van der Waals surface area contributed by atoms with Crippen molar-refractivity contribution in [2.24, 2.45) is 0 Å². The molecule has 0 fully saturated rings. The molecule has 0 aliphatic carbocycles. The van der Waals surface area contributed by atoms with Gasteiger partial charge < -0.3 is 5.11 Å². The molecule has 0 spiro atoms. The molecule has 3 nitrogen and oxygen atoms in total. The number of halogens is 1. The van der Waals surface area contributed by atoms with E-state index in [1.165, 1.54) is 12.1 Å². The van der Waals surface area contributed by atoms with Crippen LogP contribution in [0.4, 0.5) is 4.39 Å². The second-order valence-electron chi connectivity index (χ2n) is 5.36. The third kappa shape index (κ3) is 2.95. The largest absolute Gasteiger partial charge is 0.480 e. The first kappa shape index (κ1) is 13.8. The minimum atomic E-state index is -0.813. The Hall–Kier alpha value is -2.20. The van der Waals surface area contributed by atoms with E-state index in [0.717, 1.165) is 16.7 Å². The Balaban J connectivity index is 1.85. The first-order valence-corrected chi connectivity index (χ1v) is 6.91. The zero-order chi connectivity index (χ0) is 14.8. The number of nitrogens with zero attached hydrogens (tertiary/aromatic N) is 1. The summed E-state index contributed by atoms with van der Waals surface area (Å²) in [6, 6.07) is 13.6. The van der Waals surface area contributed by atoms with Gasteiger partial charge in [-0.1, -0.05) is 36.4 Å². The summed E-state index contributed by atoms with van der Waals surface area (Å²) in [5, 5.41) is 9.45. The van der Waals surface area contributed by atoms with Crippen LogP contribution < -0.4 is 0 Å². The van der Waals surface area contributed by atoms with Crippen molar-refractivity contribution in [3.8, 4) is 0 Å². The van der Waals surface area contributed by atoms with Crippen LogP contribution in [0.15, 0.2) is 48.5 Å². The molecule has 2 aromatic rings. The zero-order valence-electron chi connectivity index (χ0n) is 11.5. The van der Waals surface area contributed by atoms with Gasteiger partial charge in [0.05, 0.1) is 0 Å². The maximum absolute atomic E-state index is 13.0. The molecule has 0 aromatic heterocycles. The van der Waals surface area contributed by atoms with E-state index >= 15 is 0 Å². The van der Waals surface area contributed by atoms with E-state index in [9.17, 15) is 14.3 Å². The van der Waals surface area contributed by atoms with Crippen LogP contribution in [0, 0.1) is 5.82 Å². The molecular formula is C17H16FNO2. The van der Waals surface area contributed by atoms with Gasteiger partial charge in [0.1, 0.15) is 11.9 Å². The van der Waals surface area contributed by atoms with Gasteiger partial charge in [0.15, 0.2) is 0 Å². The van der Waals surface area contributed by atoms with Crippen LogP contribution in [0.1, 0.15) is 16.7 Å². The van der Waals surface area contributed by atoms with Crippen molar-refractivity contribution < 1.29 is 14.3 Å². The highest BCUT2D eigenvalue weighted by Gasteiger charge is 2.31. The third-order valence-electron chi connectivity index (χ3n) is 3.93. The van der Waals surface area contributed by atoms with Gasteiger partial charge in [-0.2, -0.15) is 0 Å². The molecule has 0 amide bonds. The van der Waals surface area contributed by atoms with Gasteiger partial charge in [0, 0.05) is 13.1 Å². The SMILES string of the molecule is O=C(O)C1Cc2ccccc2CN1Cc1ccc(F)cc1. The van der Waals surface area contributed by atoms with Crippen LogP contribution in [0.2, 0.25) is 0 Å². The molecule has 4 heteroatoms. The number of aliphatic carboxylic acids is 1. The number of carbonyl (C=O) groups is 1.